The summed E-state index contributed by atoms with van der Waals surface area (Å²) < 4.78 is 24.1. The second kappa shape index (κ2) is 6.69. The molecular weight excluding hydrogens is 297 g/mol. The first-order valence-corrected chi connectivity index (χ1v) is 7.54. The lowest BCUT2D eigenvalue weighted by molar-refractivity contribution is 0.170. The van der Waals surface area contributed by atoms with E-state index in [0.717, 1.165) is 16.9 Å². The number of carbonyl (C=O) groups excluding carboxylic acids is 1. The molecule has 23 heavy (non-hydrogen) atoms. The normalized spacial score (nSPS) is 15.7. The second-order valence-corrected chi connectivity index (χ2v) is 5.50. The lowest BCUT2D eigenvalue weighted by Gasteiger charge is -2.16. The molecule has 0 saturated carbocycles. The molecule has 4 nitrogen and oxygen atoms in total. The number of methoxy groups -OCH3 is 1. The van der Waals surface area contributed by atoms with E-state index in [1.807, 2.05) is 24.3 Å². The number of halogens is 1. The number of rotatable bonds is 3. The van der Waals surface area contributed by atoms with E-state index in [1.54, 1.807) is 6.07 Å². The predicted molar refractivity (Wildman–Crippen MR) is 84.4 cm³/mol. The zero-order valence-corrected chi connectivity index (χ0v) is 12.8. The first-order valence-electron chi connectivity index (χ1n) is 7.54. The molecule has 0 aliphatic carbocycles. The minimum Gasteiger partial charge on any atom is -0.457 e. The Kier molecular flexibility index (Phi) is 4.46. The van der Waals surface area contributed by atoms with Crippen molar-refractivity contribution in [2.45, 2.75) is 18.8 Å². The van der Waals surface area contributed by atoms with Crippen molar-refractivity contribution in [3.8, 4) is 11.5 Å². The van der Waals surface area contributed by atoms with Crippen molar-refractivity contribution in [3.63, 3.8) is 0 Å². The molecule has 0 fully saturated rings. The second-order valence-electron chi connectivity index (χ2n) is 5.50. The first-order chi connectivity index (χ1) is 11.2. The van der Waals surface area contributed by atoms with E-state index in [2.05, 4.69) is 10.1 Å². The molecule has 1 aliphatic rings. The summed E-state index contributed by atoms with van der Waals surface area (Å²) in [6, 6.07) is 12.4. The summed E-state index contributed by atoms with van der Waals surface area (Å²) in [5, 5.41) is 2.69. The van der Waals surface area contributed by atoms with Crippen LogP contribution in [-0.4, -0.2) is 19.7 Å². The van der Waals surface area contributed by atoms with Gasteiger partial charge in [-0.2, -0.15) is 0 Å². The van der Waals surface area contributed by atoms with Gasteiger partial charge in [0.1, 0.15) is 17.3 Å². The zero-order chi connectivity index (χ0) is 16.2. The number of nitrogens with one attached hydrogen (secondary N) is 1. The number of benzene rings is 2. The fraction of sp³-hybridized carbons (Fsp3) is 0.278. The van der Waals surface area contributed by atoms with Crippen LogP contribution in [0.4, 0.5) is 9.18 Å². The average Bonchev–Trinajstić information content (AvgIpc) is 2.71. The number of ether oxygens (including phenoxy) is 2. The Hall–Kier alpha value is -2.56. The van der Waals surface area contributed by atoms with Crippen LogP contribution >= 0.6 is 0 Å². The van der Waals surface area contributed by atoms with Crippen LogP contribution in [-0.2, 0) is 11.2 Å². The van der Waals surface area contributed by atoms with E-state index >= 15 is 0 Å². The molecule has 1 atom stereocenters. The van der Waals surface area contributed by atoms with Crippen LogP contribution in [0, 0.1) is 5.82 Å². The zero-order valence-electron chi connectivity index (χ0n) is 12.8. The van der Waals surface area contributed by atoms with Crippen LogP contribution in [0.3, 0.4) is 0 Å². The van der Waals surface area contributed by atoms with Gasteiger partial charge in [0.15, 0.2) is 0 Å². The minimum absolute atomic E-state index is 0.131. The molecule has 0 unspecified atom stereocenters. The summed E-state index contributed by atoms with van der Waals surface area (Å²) >= 11 is 0. The van der Waals surface area contributed by atoms with Gasteiger partial charge >= 0.3 is 6.09 Å². The molecule has 2 aromatic carbocycles. The summed E-state index contributed by atoms with van der Waals surface area (Å²) in [5.41, 5.74) is 1.90. The van der Waals surface area contributed by atoms with Crippen molar-refractivity contribution in [1.82, 2.24) is 5.32 Å². The largest absolute Gasteiger partial charge is 0.457 e. The summed E-state index contributed by atoms with van der Waals surface area (Å²) in [6.07, 6.45) is 0.924. The standard InChI is InChI=1S/C18H18FNO3/c1-22-18(21)20-9-8-12-10-13-11-14(19)6-7-16(13)23-17-5-3-2-4-15(12)17/h2-7,11-12H,8-10H2,1H3,(H,20,21)/t12-/m0/s1. The lowest BCUT2D eigenvalue weighted by atomic mass is 9.89. The fourth-order valence-electron chi connectivity index (χ4n) is 2.89. The molecule has 120 valence electrons. The van der Waals surface area contributed by atoms with E-state index in [4.69, 9.17) is 4.74 Å². The molecule has 0 radical (unpaired) electrons. The highest BCUT2D eigenvalue weighted by Gasteiger charge is 2.23. The summed E-state index contributed by atoms with van der Waals surface area (Å²) in [7, 11) is 1.34. The van der Waals surface area contributed by atoms with Crippen LogP contribution in [0.1, 0.15) is 23.5 Å². The Morgan fingerprint density at radius 1 is 1.30 bits per heavy atom. The average molecular weight is 315 g/mol. The number of fused-ring (bicyclic) bond motifs is 2. The van der Waals surface area contributed by atoms with E-state index in [1.165, 1.54) is 19.2 Å². The van der Waals surface area contributed by atoms with Crippen molar-refractivity contribution in [3.05, 3.63) is 59.4 Å². The Morgan fingerprint density at radius 2 is 2.13 bits per heavy atom. The molecule has 5 heteroatoms. The van der Waals surface area contributed by atoms with Crippen LogP contribution in [0.15, 0.2) is 42.5 Å². The van der Waals surface area contributed by atoms with Crippen LogP contribution < -0.4 is 10.1 Å². The summed E-state index contributed by atoms with van der Waals surface area (Å²) in [6.45, 7) is 0.482. The van der Waals surface area contributed by atoms with Crippen molar-refractivity contribution in [2.75, 3.05) is 13.7 Å². The third-order valence-corrected chi connectivity index (χ3v) is 4.02. The Labute approximate surface area is 134 Å². The Balaban J connectivity index is 1.86. The SMILES string of the molecule is COC(=O)NCC[C@H]1Cc2cc(F)ccc2Oc2ccccc21. The monoisotopic (exact) mass is 315 g/mol. The molecular formula is C18H18FNO3. The van der Waals surface area contributed by atoms with Gasteiger partial charge in [0, 0.05) is 6.54 Å². The number of alkyl carbamates (subject to hydrolysis) is 1. The summed E-state index contributed by atoms with van der Waals surface area (Å²) in [4.78, 5) is 11.2. The molecule has 0 aromatic heterocycles. The smallest absolute Gasteiger partial charge is 0.406 e. The molecule has 1 amide bonds. The molecule has 0 spiro atoms. The fourth-order valence-corrected chi connectivity index (χ4v) is 2.89. The van der Waals surface area contributed by atoms with Crippen molar-refractivity contribution in [2.24, 2.45) is 0 Å². The molecule has 0 bridgehead atoms. The number of hydrogen-bond donors (Lipinski definition) is 1. The highest BCUT2D eigenvalue weighted by atomic mass is 19.1. The maximum Gasteiger partial charge on any atom is 0.406 e. The Bertz CT molecular complexity index is 717. The topological polar surface area (TPSA) is 47.6 Å². The molecule has 3 rings (SSSR count). The van der Waals surface area contributed by atoms with Crippen LogP contribution in [0.5, 0.6) is 11.5 Å². The van der Waals surface area contributed by atoms with E-state index < -0.39 is 6.09 Å². The van der Waals surface area contributed by atoms with Gasteiger partial charge in [-0.05, 0) is 54.2 Å². The Morgan fingerprint density at radius 3 is 2.96 bits per heavy atom. The van der Waals surface area contributed by atoms with E-state index in [0.29, 0.717) is 25.1 Å². The highest BCUT2D eigenvalue weighted by Crippen LogP contribution is 2.40. The van der Waals surface area contributed by atoms with Crippen molar-refractivity contribution < 1.29 is 18.7 Å². The van der Waals surface area contributed by atoms with Gasteiger partial charge in [-0.1, -0.05) is 18.2 Å². The maximum absolute atomic E-state index is 13.6. The predicted octanol–water partition coefficient (Wildman–Crippen LogP) is 4.00. The van der Waals surface area contributed by atoms with Crippen LogP contribution in [0.2, 0.25) is 0 Å². The quantitative estimate of drug-likeness (QED) is 0.931. The van der Waals surface area contributed by atoms with Crippen molar-refractivity contribution >= 4 is 6.09 Å². The van der Waals surface area contributed by atoms with Gasteiger partial charge in [-0.15, -0.1) is 0 Å². The molecule has 0 saturated heterocycles. The molecule has 1 N–H and O–H groups in total. The summed E-state index contributed by atoms with van der Waals surface area (Å²) in [5.74, 6) is 1.32. The molecule has 2 aromatic rings. The van der Waals surface area contributed by atoms with Gasteiger partial charge < -0.3 is 14.8 Å². The van der Waals surface area contributed by atoms with Gasteiger partial charge in [0.05, 0.1) is 7.11 Å². The van der Waals surface area contributed by atoms with Gasteiger partial charge in [-0.3, -0.25) is 0 Å². The maximum atomic E-state index is 13.6. The highest BCUT2D eigenvalue weighted by molar-refractivity contribution is 5.66. The lowest BCUT2D eigenvalue weighted by Crippen LogP contribution is -2.25. The number of amides is 1. The molecule has 1 heterocycles. The number of para-hydroxylation sites is 1. The van der Waals surface area contributed by atoms with Gasteiger partial charge in [0.2, 0.25) is 0 Å². The van der Waals surface area contributed by atoms with Gasteiger partial charge in [-0.25, -0.2) is 9.18 Å². The number of hydrogen-bond acceptors (Lipinski definition) is 3. The third-order valence-electron chi connectivity index (χ3n) is 4.02. The molecule has 1 aliphatic heterocycles. The number of carbonyl (C=O) groups is 1. The van der Waals surface area contributed by atoms with Crippen molar-refractivity contribution in [1.29, 1.82) is 0 Å². The third kappa shape index (κ3) is 3.44. The van der Waals surface area contributed by atoms with Gasteiger partial charge in [0.25, 0.3) is 0 Å². The van der Waals surface area contributed by atoms with E-state index in [-0.39, 0.29) is 11.7 Å². The first kappa shape index (κ1) is 15.3. The minimum atomic E-state index is -0.449. The van der Waals surface area contributed by atoms with Crippen LogP contribution in [0.25, 0.3) is 0 Å². The van der Waals surface area contributed by atoms with E-state index in [9.17, 15) is 9.18 Å².